The Bertz CT molecular complexity index is 501. The lowest BCUT2D eigenvalue weighted by molar-refractivity contribution is -0.389. The number of hydrogen-bond acceptors (Lipinski definition) is 6. The smallest absolute Gasteiger partial charge is 0.414 e. The zero-order valence-electron chi connectivity index (χ0n) is 11.0. The van der Waals surface area contributed by atoms with E-state index in [1.807, 2.05) is 6.92 Å². The van der Waals surface area contributed by atoms with Gasteiger partial charge in [-0.05, 0) is 18.8 Å². The molecule has 0 saturated carbocycles. The number of rotatable bonds is 4. The van der Waals surface area contributed by atoms with Crippen molar-refractivity contribution in [3.05, 3.63) is 16.3 Å². The minimum absolute atomic E-state index is 0.226. The van der Waals surface area contributed by atoms with E-state index in [9.17, 15) is 14.9 Å². The van der Waals surface area contributed by atoms with Gasteiger partial charge in [0, 0.05) is 18.3 Å². The Labute approximate surface area is 109 Å². The minimum Gasteiger partial charge on any atom is -0.463 e. The van der Waals surface area contributed by atoms with Gasteiger partial charge in [0.05, 0.1) is 6.54 Å². The molecular formula is C11H15N3O5. The number of esters is 1. The Kier molecular flexibility index (Phi) is 3.17. The van der Waals surface area contributed by atoms with Crippen LogP contribution in [0.2, 0.25) is 0 Å². The Morgan fingerprint density at radius 2 is 2.47 bits per heavy atom. The maximum absolute atomic E-state index is 10.9. The monoisotopic (exact) mass is 269 g/mol. The lowest BCUT2D eigenvalue weighted by Gasteiger charge is -2.25. The lowest BCUT2D eigenvalue weighted by atomic mass is 9.99. The van der Waals surface area contributed by atoms with E-state index < -0.39 is 10.5 Å². The topological polar surface area (TPSA) is 96.5 Å². The quantitative estimate of drug-likeness (QED) is 0.464. The molecule has 0 spiro atoms. The zero-order valence-corrected chi connectivity index (χ0v) is 11.0. The second-order valence-electron chi connectivity index (χ2n) is 4.94. The fourth-order valence-electron chi connectivity index (χ4n) is 2.32. The Morgan fingerprint density at radius 3 is 3.00 bits per heavy atom. The maximum Gasteiger partial charge on any atom is 0.414 e. The molecule has 1 aliphatic heterocycles. The fourth-order valence-corrected chi connectivity index (χ4v) is 2.32. The van der Waals surface area contributed by atoms with Gasteiger partial charge in [-0.15, -0.1) is 0 Å². The van der Waals surface area contributed by atoms with E-state index >= 15 is 0 Å². The Morgan fingerprint density at radius 1 is 1.79 bits per heavy atom. The molecule has 1 aromatic rings. The molecule has 0 fully saturated rings. The van der Waals surface area contributed by atoms with Crippen molar-refractivity contribution >= 4 is 11.8 Å². The van der Waals surface area contributed by atoms with Crippen molar-refractivity contribution in [1.82, 2.24) is 9.55 Å². The molecular weight excluding hydrogens is 254 g/mol. The Balaban J connectivity index is 2.03. The molecule has 8 heteroatoms. The van der Waals surface area contributed by atoms with E-state index in [1.165, 1.54) is 13.1 Å². The van der Waals surface area contributed by atoms with Gasteiger partial charge in [0.15, 0.2) is 0 Å². The van der Waals surface area contributed by atoms with E-state index in [4.69, 9.17) is 9.47 Å². The van der Waals surface area contributed by atoms with E-state index in [-0.39, 0.29) is 23.9 Å². The molecule has 104 valence electrons. The van der Waals surface area contributed by atoms with Gasteiger partial charge < -0.3 is 19.6 Å². The normalized spacial score (nSPS) is 22.5. The number of carbonyl (C=O) groups excluding carboxylic acids is 1. The van der Waals surface area contributed by atoms with Crippen LogP contribution in [-0.4, -0.2) is 32.1 Å². The third-order valence-electron chi connectivity index (χ3n) is 2.84. The van der Waals surface area contributed by atoms with Crippen LogP contribution in [0, 0.1) is 10.1 Å². The first kappa shape index (κ1) is 13.3. The molecule has 0 saturated heterocycles. The molecule has 0 amide bonds. The molecule has 2 rings (SSSR count). The number of hydrogen-bond donors (Lipinski definition) is 0. The molecule has 1 aromatic heterocycles. The van der Waals surface area contributed by atoms with Crippen LogP contribution in [-0.2, 0) is 16.1 Å². The number of imidazole rings is 1. The second kappa shape index (κ2) is 4.52. The molecule has 0 aliphatic carbocycles. The summed E-state index contributed by atoms with van der Waals surface area (Å²) in [6.45, 7) is 5.42. The maximum atomic E-state index is 10.9. The number of carbonyl (C=O) groups is 1. The van der Waals surface area contributed by atoms with Crippen molar-refractivity contribution in [2.24, 2.45) is 0 Å². The number of nitrogens with zero attached hydrogens (tertiary/aromatic N) is 3. The van der Waals surface area contributed by atoms with Crippen LogP contribution in [0.25, 0.3) is 0 Å². The van der Waals surface area contributed by atoms with Gasteiger partial charge in [0.1, 0.15) is 17.9 Å². The highest BCUT2D eigenvalue weighted by Gasteiger charge is 2.41. The highest BCUT2D eigenvalue weighted by atomic mass is 16.6. The van der Waals surface area contributed by atoms with Crippen LogP contribution in [0.5, 0.6) is 6.01 Å². The van der Waals surface area contributed by atoms with Crippen LogP contribution in [0.15, 0.2) is 6.20 Å². The van der Waals surface area contributed by atoms with Crippen LogP contribution in [0.1, 0.15) is 27.2 Å². The summed E-state index contributed by atoms with van der Waals surface area (Å²) in [4.78, 5) is 24.7. The van der Waals surface area contributed by atoms with E-state index in [1.54, 1.807) is 11.5 Å². The number of nitro groups is 1. The molecule has 2 heterocycles. The summed E-state index contributed by atoms with van der Waals surface area (Å²) in [5.74, 6) is -0.576. The van der Waals surface area contributed by atoms with Crippen molar-refractivity contribution in [1.29, 1.82) is 0 Å². The van der Waals surface area contributed by atoms with Gasteiger partial charge in [-0.2, -0.15) is 0 Å². The summed E-state index contributed by atoms with van der Waals surface area (Å²) in [5, 5.41) is 10.6. The van der Waals surface area contributed by atoms with E-state index in [0.717, 1.165) is 0 Å². The molecule has 2 atom stereocenters. The predicted molar refractivity (Wildman–Crippen MR) is 63.8 cm³/mol. The zero-order chi connectivity index (χ0) is 14.2. The average molecular weight is 269 g/mol. The van der Waals surface area contributed by atoms with Gasteiger partial charge in [-0.25, -0.2) is 0 Å². The van der Waals surface area contributed by atoms with Crippen molar-refractivity contribution in [2.45, 2.75) is 45.4 Å². The minimum atomic E-state index is -0.577. The number of ether oxygens (including phenoxy) is 2. The summed E-state index contributed by atoms with van der Waals surface area (Å²) in [5.41, 5.74) is -0.577. The van der Waals surface area contributed by atoms with Gasteiger partial charge in [0.25, 0.3) is 0 Å². The summed E-state index contributed by atoms with van der Waals surface area (Å²) in [6.07, 6.45) is 1.54. The van der Waals surface area contributed by atoms with Crippen molar-refractivity contribution in [3.8, 4) is 6.01 Å². The first-order valence-corrected chi connectivity index (χ1v) is 5.87. The summed E-state index contributed by atoms with van der Waals surface area (Å²) in [6, 6.07) is 0.226. The molecule has 1 aliphatic rings. The van der Waals surface area contributed by atoms with Crippen molar-refractivity contribution in [2.75, 3.05) is 0 Å². The van der Waals surface area contributed by atoms with E-state index in [2.05, 4.69) is 4.98 Å². The fraction of sp³-hybridized carbons (Fsp3) is 0.636. The SMILES string of the molecule is CC(=O)OC(C)CC1(C)Cn2cc([N+](=O)[O-])nc2O1. The predicted octanol–water partition coefficient (Wildman–Crippen LogP) is 1.28. The molecule has 0 aromatic carbocycles. The third-order valence-corrected chi connectivity index (χ3v) is 2.84. The summed E-state index contributed by atoms with van der Waals surface area (Å²) in [7, 11) is 0. The highest BCUT2D eigenvalue weighted by Crippen LogP contribution is 2.33. The molecule has 19 heavy (non-hydrogen) atoms. The first-order chi connectivity index (χ1) is 8.79. The number of aromatic nitrogens is 2. The summed E-state index contributed by atoms with van der Waals surface area (Å²) >= 11 is 0. The molecule has 8 nitrogen and oxygen atoms in total. The van der Waals surface area contributed by atoms with Crippen LogP contribution in [0.3, 0.4) is 0 Å². The van der Waals surface area contributed by atoms with E-state index in [0.29, 0.717) is 13.0 Å². The second-order valence-corrected chi connectivity index (χ2v) is 4.94. The van der Waals surface area contributed by atoms with Crippen LogP contribution < -0.4 is 4.74 Å². The number of fused-ring (bicyclic) bond motifs is 1. The standard InChI is InChI=1S/C11H15N3O5/c1-7(18-8(2)15)4-11(3)6-13-5-9(14(16)17)12-10(13)19-11/h5,7H,4,6H2,1-3H3. The first-order valence-electron chi connectivity index (χ1n) is 5.87. The van der Waals surface area contributed by atoms with Gasteiger partial charge in [-0.1, -0.05) is 0 Å². The average Bonchev–Trinajstić information content (AvgIpc) is 2.69. The van der Waals surface area contributed by atoms with Crippen molar-refractivity contribution in [3.63, 3.8) is 0 Å². The molecule has 2 unspecified atom stereocenters. The largest absolute Gasteiger partial charge is 0.463 e. The third kappa shape index (κ3) is 2.83. The summed E-state index contributed by atoms with van der Waals surface area (Å²) < 4.78 is 12.3. The van der Waals surface area contributed by atoms with Crippen LogP contribution >= 0.6 is 0 Å². The molecule has 0 N–H and O–H groups in total. The van der Waals surface area contributed by atoms with Crippen LogP contribution in [0.4, 0.5) is 5.82 Å². The lowest BCUT2D eigenvalue weighted by Crippen LogP contribution is -2.36. The molecule has 0 bridgehead atoms. The Hall–Kier alpha value is -2.12. The van der Waals surface area contributed by atoms with Gasteiger partial charge in [-0.3, -0.25) is 9.36 Å². The molecule has 0 radical (unpaired) electrons. The highest BCUT2D eigenvalue weighted by molar-refractivity contribution is 5.66. The van der Waals surface area contributed by atoms with Gasteiger partial charge >= 0.3 is 17.8 Å². The van der Waals surface area contributed by atoms with Gasteiger partial charge in [0.2, 0.25) is 0 Å². The van der Waals surface area contributed by atoms with Crippen molar-refractivity contribution < 1.29 is 19.2 Å².